The first-order valence-corrected chi connectivity index (χ1v) is 5.92. The Morgan fingerprint density at radius 1 is 1.43 bits per heavy atom. The molecule has 0 saturated carbocycles. The maximum atomic E-state index is 11.6. The van der Waals surface area contributed by atoms with Crippen molar-refractivity contribution < 1.29 is 8.42 Å². The molecule has 1 aromatic carbocycles. The minimum Gasteiger partial charge on any atom is -0.398 e. The molecule has 0 atom stereocenters. The van der Waals surface area contributed by atoms with Crippen molar-refractivity contribution in [2.75, 3.05) is 12.8 Å². The highest BCUT2D eigenvalue weighted by atomic mass is 32.2. The van der Waals surface area contributed by atoms with Gasteiger partial charge in [-0.3, -0.25) is 0 Å². The van der Waals surface area contributed by atoms with Crippen molar-refractivity contribution in [3.05, 3.63) is 29.3 Å². The van der Waals surface area contributed by atoms with Crippen molar-refractivity contribution in [1.29, 1.82) is 0 Å². The molecular formula is C9H12N2O2S. The average Bonchev–Trinajstić information content (AvgIpc) is 2.09. The van der Waals surface area contributed by atoms with E-state index in [1.165, 1.54) is 4.31 Å². The molecule has 0 aromatic heterocycles. The number of hydrogen-bond acceptors (Lipinski definition) is 3. The topological polar surface area (TPSA) is 63.4 Å². The molecule has 0 aliphatic carbocycles. The summed E-state index contributed by atoms with van der Waals surface area (Å²) >= 11 is 0. The zero-order chi connectivity index (χ0) is 10.3. The lowest BCUT2D eigenvalue weighted by atomic mass is 10.1. The maximum Gasteiger partial charge on any atom is 0.218 e. The Labute approximate surface area is 83.4 Å². The summed E-state index contributed by atoms with van der Waals surface area (Å²) in [4.78, 5) is 0. The van der Waals surface area contributed by atoms with E-state index in [4.69, 9.17) is 5.73 Å². The number of nitrogens with two attached hydrogens (primary N) is 1. The third-order valence-corrected chi connectivity index (χ3v) is 4.24. The van der Waals surface area contributed by atoms with E-state index in [1.54, 1.807) is 13.1 Å². The molecule has 0 amide bonds. The predicted molar refractivity (Wildman–Crippen MR) is 54.9 cm³/mol. The van der Waals surface area contributed by atoms with E-state index in [1.807, 2.05) is 12.1 Å². The Hall–Kier alpha value is -1.07. The van der Waals surface area contributed by atoms with Crippen molar-refractivity contribution in [1.82, 2.24) is 4.31 Å². The van der Waals surface area contributed by atoms with Gasteiger partial charge in [-0.05, 0) is 17.2 Å². The van der Waals surface area contributed by atoms with Crippen molar-refractivity contribution >= 4 is 15.7 Å². The molecule has 0 radical (unpaired) electrons. The quantitative estimate of drug-likeness (QED) is 0.638. The lowest BCUT2D eigenvalue weighted by Crippen LogP contribution is -2.32. The predicted octanol–water partition coefficient (Wildman–Crippen LogP) is 0.544. The first kappa shape index (κ1) is 9.48. The Balaban J connectivity index is 2.57. The molecule has 0 spiro atoms. The molecule has 0 bridgehead atoms. The van der Waals surface area contributed by atoms with E-state index in [-0.39, 0.29) is 5.75 Å². The van der Waals surface area contributed by atoms with Gasteiger partial charge in [0.05, 0.1) is 5.75 Å². The zero-order valence-electron chi connectivity index (χ0n) is 7.90. The molecule has 2 rings (SSSR count). The molecule has 0 fully saturated rings. The molecule has 1 aliphatic heterocycles. The first-order valence-electron chi connectivity index (χ1n) is 4.31. The van der Waals surface area contributed by atoms with Gasteiger partial charge in [0.2, 0.25) is 10.0 Å². The van der Waals surface area contributed by atoms with Gasteiger partial charge in [-0.25, -0.2) is 12.7 Å². The lowest BCUT2D eigenvalue weighted by Gasteiger charge is -2.25. The molecule has 1 heterocycles. The Morgan fingerprint density at radius 2 is 2.14 bits per heavy atom. The monoisotopic (exact) mass is 212 g/mol. The molecule has 76 valence electrons. The van der Waals surface area contributed by atoms with Gasteiger partial charge in [0.15, 0.2) is 0 Å². The number of rotatable bonds is 0. The largest absolute Gasteiger partial charge is 0.398 e. The summed E-state index contributed by atoms with van der Waals surface area (Å²) in [5, 5.41) is 0. The summed E-state index contributed by atoms with van der Waals surface area (Å²) in [5.41, 5.74) is 8.05. The zero-order valence-corrected chi connectivity index (χ0v) is 8.71. The minimum absolute atomic E-state index is 0.0194. The fourth-order valence-corrected chi connectivity index (χ4v) is 2.88. The van der Waals surface area contributed by atoms with Gasteiger partial charge in [0, 0.05) is 19.3 Å². The highest BCUT2D eigenvalue weighted by Crippen LogP contribution is 2.27. The van der Waals surface area contributed by atoms with Crippen LogP contribution in [0.3, 0.4) is 0 Å². The Kier molecular flexibility index (Phi) is 2.01. The van der Waals surface area contributed by atoms with Crippen LogP contribution in [0.1, 0.15) is 11.1 Å². The van der Waals surface area contributed by atoms with Gasteiger partial charge in [0.25, 0.3) is 0 Å². The number of hydrogen-bond donors (Lipinski definition) is 1. The van der Waals surface area contributed by atoms with Crippen molar-refractivity contribution in [2.45, 2.75) is 12.3 Å². The molecule has 0 saturated heterocycles. The molecule has 4 nitrogen and oxygen atoms in total. The van der Waals surface area contributed by atoms with Crippen LogP contribution in [-0.4, -0.2) is 19.8 Å². The van der Waals surface area contributed by atoms with Crippen LogP contribution in [0.2, 0.25) is 0 Å². The normalized spacial score (nSPS) is 20.4. The van der Waals surface area contributed by atoms with E-state index >= 15 is 0 Å². The molecule has 1 aliphatic rings. The number of nitrogen functional groups attached to an aromatic ring is 1. The molecule has 1 aromatic rings. The summed E-state index contributed by atoms with van der Waals surface area (Å²) in [6, 6.07) is 5.50. The van der Waals surface area contributed by atoms with Crippen LogP contribution in [0.4, 0.5) is 5.69 Å². The summed E-state index contributed by atoms with van der Waals surface area (Å²) < 4.78 is 24.5. The SMILES string of the molecule is CN1Cc2cccc(N)c2CS1(=O)=O. The number of nitrogens with zero attached hydrogens (tertiary/aromatic N) is 1. The second-order valence-corrected chi connectivity index (χ2v) is 5.57. The highest BCUT2D eigenvalue weighted by Gasteiger charge is 2.27. The van der Waals surface area contributed by atoms with Crippen molar-refractivity contribution in [3.63, 3.8) is 0 Å². The van der Waals surface area contributed by atoms with Crippen LogP contribution in [0.25, 0.3) is 0 Å². The summed E-state index contributed by atoms with van der Waals surface area (Å²) in [5.74, 6) is 0.0194. The smallest absolute Gasteiger partial charge is 0.218 e. The molecule has 2 N–H and O–H groups in total. The number of benzene rings is 1. The van der Waals surface area contributed by atoms with Gasteiger partial charge >= 0.3 is 0 Å². The fourth-order valence-electron chi connectivity index (χ4n) is 1.61. The molecule has 5 heteroatoms. The van der Waals surface area contributed by atoms with Crippen LogP contribution >= 0.6 is 0 Å². The Bertz CT molecular complexity index is 468. The molecule has 14 heavy (non-hydrogen) atoms. The highest BCUT2D eigenvalue weighted by molar-refractivity contribution is 7.88. The third-order valence-electron chi connectivity index (χ3n) is 2.50. The second kappa shape index (κ2) is 2.96. The fraction of sp³-hybridized carbons (Fsp3) is 0.333. The van der Waals surface area contributed by atoms with Gasteiger partial charge in [-0.1, -0.05) is 12.1 Å². The third kappa shape index (κ3) is 1.38. The van der Waals surface area contributed by atoms with Gasteiger partial charge < -0.3 is 5.73 Å². The number of sulfonamides is 1. The standard InChI is InChI=1S/C9H12N2O2S/c1-11-5-7-3-2-4-9(10)8(7)6-14(11,12)13/h2-4H,5-6,10H2,1H3. The molecular weight excluding hydrogens is 200 g/mol. The van der Waals surface area contributed by atoms with Gasteiger partial charge in [-0.2, -0.15) is 0 Å². The lowest BCUT2D eigenvalue weighted by molar-refractivity contribution is 0.455. The van der Waals surface area contributed by atoms with Gasteiger partial charge in [0.1, 0.15) is 0 Å². The summed E-state index contributed by atoms with van der Waals surface area (Å²) in [6.45, 7) is 0.419. The van der Waals surface area contributed by atoms with E-state index in [0.717, 1.165) is 11.1 Å². The summed E-state index contributed by atoms with van der Waals surface area (Å²) in [6.07, 6.45) is 0. The van der Waals surface area contributed by atoms with Crippen molar-refractivity contribution in [2.24, 2.45) is 0 Å². The van der Waals surface area contributed by atoms with Crippen molar-refractivity contribution in [3.8, 4) is 0 Å². The maximum absolute atomic E-state index is 11.6. The van der Waals surface area contributed by atoms with Crippen LogP contribution in [0.5, 0.6) is 0 Å². The van der Waals surface area contributed by atoms with Crippen LogP contribution in [0.15, 0.2) is 18.2 Å². The first-order chi connectivity index (χ1) is 6.50. The Morgan fingerprint density at radius 3 is 2.86 bits per heavy atom. The van der Waals surface area contributed by atoms with E-state index < -0.39 is 10.0 Å². The second-order valence-electron chi connectivity index (χ2n) is 3.50. The van der Waals surface area contributed by atoms with Crippen LogP contribution in [0, 0.1) is 0 Å². The minimum atomic E-state index is -3.14. The molecule has 0 unspecified atom stereocenters. The van der Waals surface area contributed by atoms with E-state index in [2.05, 4.69) is 0 Å². The number of anilines is 1. The van der Waals surface area contributed by atoms with Crippen LogP contribution in [-0.2, 0) is 22.3 Å². The van der Waals surface area contributed by atoms with E-state index in [9.17, 15) is 8.42 Å². The average molecular weight is 212 g/mol. The summed E-state index contributed by atoms with van der Waals surface area (Å²) in [7, 11) is -1.56. The van der Waals surface area contributed by atoms with E-state index in [0.29, 0.717) is 12.2 Å². The van der Waals surface area contributed by atoms with Crippen LogP contribution < -0.4 is 5.73 Å². The van der Waals surface area contributed by atoms with Gasteiger partial charge in [-0.15, -0.1) is 0 Å². The number of fused-ring (bicyclic) bond motifs is 1.